The number of hydrogen-bond acceptors (Lipinski definition) is 6. The summed E-state index contributed by atoms with van der Waals surface area (Å²) < 4.78 is 12.5. The number of fused-ring (bicyclic) bond motifs is 1. The molecule has 3 heterocycles. The smallest absolute Gasteiger partial charge is 0.494 e. The maximum Gasteiger partial charge on any atom is 0.494 e. The lowest BCUT2D eigenvalue weighted by atomic mass is 9.78. The van der Waals surface area contributed by atoms with Crippen LogP contribution >= 0.6 is 0 Å². The Hall–Kier alpha value is -3.59. The second-order valence-corrected chi connectivity index (χ2v) is 11.9. The topological polar surface area (TPSA) is 73.3 Å². The molecule has 40 heavy (non-hydrogen) atoms. The number of hydrogen-bond donors (Lipinski definition) is 2. The molecule has 4 aromatic rings. The number of aromatic amines is 1. The summed E-state index contributed by atoms with van der Waals surface area (Å²) >= 11 is 0. The summed E-state index contributed by atoms with van der Waals surface area (Å²) in [6, 6.07) is 24.4. The molecule has 0 aliphatic carbocycles. The normalized spacial score (nSPS) is 19.5. The van der Waals surface area contributed by atoms with Crippen molar-refractivity contribution in [3.05, 3.63) is 83.9 Å². The lowest BCUT2D eigenvalue weighted by Gasteiger charge is -2.34. The van der Waals surface area contributed by atoms with Crippen molar-refractivity contribution in [3.8, 4) is 5.88 Å². The average Bonchev–Trinajstić information content (AvgIpc) is 3.38. The third-order valence-corrected chi connectivity index (χ3v) is 8.57. The van der Waals surface area contributed by atoms with E-state index in [1.807, 2.05) is 76.2 Å². The van der Waals surface area contributed by atoms with Crippen molar-refractivity contribution in [2.24, 2.45) is 4.99 Å². The van der Waals surface area contributed by atoms with Gasteiger partial charge in [0.15, 0.2) is 5.88 Å². The minimum Gasteiger partial charge on any atom is -0.494 e. The fourth-order valence-corrected chi connectivity index (χ4v) is 5.36. The summed E-state index contributed by atoms with van der Waals surface area (Å²) in [6.45, 7) is 12.4. The fourth-order valence-electron chi connectivity index (χ4n) is 5.36. The van der Waals surface area contributed by atoms with Gasteiger partial charge in [0.25, 0.3) is 0 Å². The quantitative estimate of drug-likeness (QED) is 0.275. The number of H-pyrrole nitrogens is 1. The van der Waals surface area contributed by atoms with E-state index in [9.17, 15) is 5.11 Å². The summed E-state index contributed by atoms with van der Waals surface area (Å²) in [5, 5.41) is 12.1. The Balaban J connectivity index is 1.37. The monoisotopic (exact) mass is 536 g/mol. The number of likely N-dealkylation sites (N-methyl/N-ethyl adjacent to an activating group) is 1. The zero-order valence-corrected chi connectivity index (χ0v) is 23.9. The Bertz CT molecular complexity index is 1520. The van der Waals surface area contributed by atoms with Gasteiger partial charge in [-0.15, -0.1) is 0 Å². The second kappa shape index (κ2) is 10.1. The van der Waals surface area contributed by atoms with Gasteiger partial charge in [-0.25, -0.2) is 4.99 Å². The van der Waals surface area contributed by atoms with Crippen molar-refractivity contribution in [1.82, 2.24) is 9.88 Å². The predicted octanol–water partition coefficient (Wildman–Crippen LogP) is 5.09. The van der Waals surface area contributed by atoms with Gasteiger partial charge in [0, 0.05) is 48.3 Å². The highest BCUT2D eigenvalue weighted by atomic mass is 16.7. The largest absolute Gasteiger partial charge is 0.494 e. The summed E-state index contributed by atoms with van der Waals surface area (Å²) in [4.78, 5) is 13.0. The first kappa shape index (κ1) is 26.6. The molecule has 1 aromatic heterocycles. The molecular weight excluding hydrogens is 499 g/mol. The van der Waals surface area contributed by atoms with E-state index >= 15 is 0 Å². The van der Waals surface area contributed by atoms with E-state index < -0.39 is 18.3 Å². The third kappa shape index (κ3) is 4.92. The van der Waals surface area contributed by atoms with Gasteiger partial charge in [-0.1, -0.05) is 42.5 Å². The number of aliphatic imine (C=N–C) groups is 1. The third-order valence-electron chi connectivity index (χ3n) is 8.57. The fraction of sp³-hybridized carbons (Fsp3) is 0.344. The predicted molar refractivity (Wildman–Crippen MR) is 164 cm³/mol. The van der Waals surface area contributed by atoms with Crippen LogP contribution in [0.5, 0.6) is 5.88 Å². The molecule has 2 fully saturated rings. The molecule has 0 saturated carbocycles. The van der Waals surface area contributed by atoms with E-state index in [0.29, 0.717) is 11.3 Å². The minimum atomic E-state index is -0.482. The van der Waals surface area contributed by atoms with Crippen LogP contribution in [0.25, 0.3) is 10.9 Å². The van der Waals surface area contributed by atoms with Gasteiger partial charge in [0.1, 0.15) is 0 Å². The van der Waals surface area contributed by atoms with E-state index in [0.717, 1.165) is 53.8 Å². The molecule has 6 rings (SSSR count). The van der Waals surface area contributed by atoms with Gasteiger partial charge in [-0.05, 0) is 70.5 Å². The highest BCUT2D eigenvalue weighted by Gasteiger charge is 2.51. The van der Waals surface area contributed by atoms with Gasteiger partial charge >= 0.3 is 7.12 Å². The van der Waals surface area contributed by atoms with E-state index in [1.54, 1.807) is 0 Å². The first-order valence-corrected chi connectivity index (χ1v) is 14.0. The molecule has 0 bridgehead atoms. The summed E-state index contributed by atoms with van der Waals surface area (Å²) in [5.74, 6) is 0.0812. The van der Waals surface area contributed by atoms with E-state index in [-0.39, 0.29) is 5.88 Å². The van der Waals surface area contributed by atoms with E-state index in [4.69, 9.17) is 14.3 Å². The van der Waals surface area contributed by atoms with E-state index in [1.165, 1.54) is 5.69 Å². The number of benzene rings is 3. The summed E-state index contributed by atoms with van der Waals surface area (Å²) in [5.41, 5.74) is 5.19. The maximum absolute atomic E-state index is 11.2. The van der Waals surface area contributed by atoms with Crippen LogP contribution in [0.4, 0.5) is 11.4 Å². The molecule has 0 radical (unpaired) electrons. The Morgan fingerprint density at radius 1 is 0.875 bits per heavy atom. The van der Waals surface area contributed by atoms with Crippen LogP contribution in [0, 0.1) is 0 Å². The number of rotatable bonds is 5. The van der Waals surface area contributed by atoms with Crippen molar-refractivity contribution in [2.45, 2.75) is 38.9 Å². The molecule has 2 N–H and O–H groups in total. The Morgan fingerprint density at radius 3 is 2.17 bits per heavy atom. The van der Waals surface area contributed by atoms with Gasteiger partial charge in [-0.3, -0.25) is 0 Å². The lowest BCUT2D eigenvalue weighted by molar-refractivity contribution is 0.00578. The molecule has 2 aliphatic heterocycles. The molecule has 2 aliphatic rings. The summed E-state index contributed by atoms with van der Waals surface area (Å²) in [7, 11) is 1.68. The number of anilines is 1. The van der Waals surface area contributed by atoms with Gasteiger partial charge in [-0.2, -0.15) is 0 Å². The zero-order chi connectivity index (χ0) is 28.1. The van der Waals surface area contributed by atoms with Gasteiger partial charge < -0.3 is 29.2 Å². The van der Waals surface area contributed by atoms with Crippen molar-refractivity contribution in [3.63, 3.8) is 0 Å². The number of nitrogens with zero attached hydrogens (tertiary/aromatic N) is 3. The Labute approximate surface area is 236 Å². The number of nitrogens with one attached hydrogen (secondary N) is 1. The first-order valence-electron chi connectivity index (χ1n) is 14.0. The number of aromatic nitrogens is 1. The molecule has 2 saturated heterocycles. The second-order valence-electron chi connectivity index (χ2n) is 11.9. The molecule has 206 valence electrons. The first-order chi connectivity index (χ1) is 19.1. The summed E-state index contributed by atoms with van der Waals surface area (Å²) in [6.07, 6.45) is 0. The van der Waals surface area contributed by atoms with E-state index in [2.05, 4.69) is 46.1 Å². The number of piperazine rings is 1. The van der Waals surface area contributed by atoms with Crippen LogP contribution < -0.4 is 10.4 Å². The van der Waals surface area contributed by atoms with Gasteiger partial charge in [0.2, 0.25) is 0 Å². The lowest BCUT2D eigenvalue weighted by Crippen LogP contribution is -2.44. The zero-order valence-electron chi connectivity index (χ0n) is 23.9. The average molecular weight is 536 g/mol. The standard InChI is InChI=1S/C32H37BN4O3/c1-31(2)32(3,4)40-33(39-31)23-11-16-26-27(21-23)35-30(38)28(26)29(22-9-7-6-8-10-22)34-24-12-14-25(15-13-24)37-19-17-36(5)18-20-37/h6-16,21,35,38H,17-20H2,1-5H3. The molecule has 8 heteroatoms. The Kier molecular flexibility index (Phi) is 6.73. The maximum atomic E-state index is 11.2. The highest BCUT2D eigenvalue weighted by Crippen LogP contribution is 2.37. The van der Waals surface area contributed by atoms with Crippen LogP contribution in [0.3, 0.4) is 0 Å². The van der Waals surface area contributed by atoms with Crippen molar-refractivity contribution >= 4 is 40.6 Å². The van der Waals surface area contributed by atoms with Crippen molar-refractivity contribution in [2.75, 3.05) is 38.1 Å². The van der Waals surface area contributed by atoms with Crippen LogP contribution in [0.15, 0.2) is 77.8 Å². The minimum absolute atomic E-state index is 0.0812. The van der Waals surface area contributed by atoms with Crippen LogP contribution in [0.2, 0.25) is 0 Å². The molecule has 0 atom stereocenters. The van der Waals surface area contributed by atoms with Crippen LogP contribution in [-0.2, 0) is 9.31 Å². The van der Waals surface area contributed by atoms with Gasteiger partial charge in [0.05, 0.1) is 28.2 Å². The van der Waals surface area contributed by atoms with Crippen LogP contribution in [0.1, 0.15) is 38.8 Å². The number of aromatic hydroxyl groups is 1. The molecular formula is C32H37BN4O3. The molecule has 0 amide bonds. The SMILES string of the molecule is CN1CCN(c2ccc(N=C(c3ccccc3)c3c(O)[nH]c4cc(B5OC(C)(C)C(C)(C)O5)ccc34)cc2)CC1. The molecule has 0 spiro atoms. The van der Waals surface area contributed by atoms with Crippen molar-refractivity contribution < 1.29 is 14.4 Å². The Morgan fingerprint density at radius 2 is 1.52 bits per heavy atom. The van der Waals surface area contributed by atoms with Crippen molar-refractivity contribution in [1.29, 1.82) is 0 Å². The van der Waals surface area contributed by atoms with Crippen LogP contribution in [-0.4, -0.2) is 72.2 Å². The molecule has 0 unspecified atom stereocenters. The molecule has 3 aromatic carbocycles. The highest BCUT2D eigenvalue weighted by molar-refractivity contribution is 6.62. The molecule has 7 nitrogen and oxygen atoms in total.